The summed E-state index contributed by atoms with van der Waals surface area (Å²) in [5.74, 6) is -1.16. The number of halogens is 3. The Morgan fingerprint density at radius 3 is 2.38 bits per heavy atom. The largest absolute Gasteiger partial charge is 0.460 e. The van der Waals surface area contributed by atoms with E-state index >= 15 is 0 Å². The molecule has 34 heavy (non-hydrogen) atoms. The Labute approximate surface area is 215 Å². The summed E-state index contributed by atoms with van der Waals surface area (Å²) in [4.78, 5) is 40.0. The Bertz CT molecular complexity index is 841. The molecule has 0 saturated carbocycles. The summed E-state index contributed by atoms with van der Waals surface area (Å²) in [5.41, 5.74) is 0.148. The maximum absolute atomic E-state index is 13.5. The summed E-state index contributed by atoms with van der Waals surface area (Å²) in [5, 5.41) is 2.61. The van der Waals surface area contributed by atoms with Crippen molar-refractivity contribution in [3.63, 3.8) is 0 Å². The van der Waals surface area contributed by atoms with Crippen LogP contribution in [-0.2, 0) is 30.4 Å². The molecule has 2 rings (SSSR count). The molecule has 3 atom stereocenters. The molecule has 190 valence electrons. The van der Waals surface area contributed by atoms with E-state index in [1.165, 1.54) is 4.90 Å². The Kier molecular flexibility index (Phi) is 10.3. The van der Waals surface area contributed by atoms with Crippen LogP contribution in [0.15, 0.2) is 30.3 Å². The highest BCUT2D eigenvalue weighted by Gasteiger charge is 2.41. The first-order valence-corrected chi connectivity index (χ1v) is 12.1. The molecule has 1 aliphatic heterocycles. The zero-order chi connectivity index (χ0) is 25.5. The molecule has 1 aliphatic rings. The van der Waals surface area contributed by atoms with Gasteiger partial charge in [0.15, 0.2) is 0 Å². The molecule has 1 fully saturated rings. The van der Waals surface area contributed by atoms with E-state index in [1.807, 2.05) is 30.3 Å². The molecule has 0 aliphatic carbocycles. The molecule has 8 nitrogen and oxygen atoms in total. The normalized spacial score (nSPS) is 18.2. The van der Waals surface area contributed by atoms with E-state index in [-0.39, 0.29) is 6.61 Å². The third-order valence-electron chi connectivity index (χ3n) is 4.95. The van der Waals surface area contributed by atoms with Crippen molar-refractivity contribution in [2.75, 3.05) is 13.2 Å². The monoisotopic (exact) mass is 536 g/mol. The average Bonchev–Trinajstić information content (AvgIpc) is 3.22. The Balaban J connectivity index is 2.15. The number of hydrogen-bond acceptors (Lipinski definition) is 6. The van der Waals surface area contributed by atoms with Crippen LogP contribution < -0.4 is 5.32 Å². The SMILES string of the molecule is C[C@@H](OCc1ccccc1)[C@H](NC(=O)OC(C)(C)C)C(=O)N1CCC[C@H]1C(=O)OCC(Cl)(Cl)Cl. The van der Waals surface area contributed by atoms with Gasteiger partial charge >= 0.3 is 12.1 Å². The molecular weight excluding hydrogens is 507 g/mol. The van der Waals surface area contributed by atoms with Crippen molar-refractivity contribution < 1.29 is 28.6 Å². The Morgan fingerprint density at radius 2 is 1.79 bits per heavy atom. The van der Waals surface area contributed by atoms with Gasteiger partial charge in [-0.2, -0.15) is 0 Å². The fourth-order valence-electron chi connectivity index (χ4n) is 3.42. The minimum atomic E-state index is -1.76. The zero-order valence-electron chi connectivity index (χ0n) is 19.7. The smallest absolute Gasteiger partial charge is 0.408 e. The lowest BCUT2D eigenvalue weighted by molar-refractivity contribution is -0.155. The summed E-state index contributed by atoms with van der Waals surface area (Å²) in [6, 6.07) is 7.47. The number of nitrogens with zero attached hydrogens (tertiary/aromatic N) is 1. The molecule has 1 aromatic rings. The molecule has 0 aromatic heterocycles. The van der Waals surface area contributed by atoms with Gasteiger partial charge < -0.3 is 24.4 Å². The summed E-state index contributed by atoms with van der Waals surface area (Å²) >= 11 is 17.0. The van der Waals surface area contributed by atoms with Crippen LogP contribution in [0.1, 0.15) is 46.1 Å². The van der Waals surface area contributed by atoms with Crippen molar-refractivity contribution in [2.24, 2.45) is 0 Å². The molecular formula is C23H31Cl3N2O6. The predicted octanol–water partition coefficient (Wildman–Crippen LogP) is 4.39. The number of amides is 2. The molecule has 2 amide bonds. The Hall–Kier alpha value is -1.74. The van der Waals surface area contributed by atoms with Gasteiger partial charge in [0.05, 0.1) is 12.7 Å². The summed E-state index contributed by atoms with van der Waals surface area (Å²) in [6.45, 7) is 6.93. The van der Waals surface area contributed by atoms with E-state index in [0.29, 0.717) is 19.4 Å². The third kappa shape index (κ3) is 9.49. The van der Waals surface area contributed by atoms with Crippen LogP contribution in [0.25, 0.3) is 0 Å². The van der Waals surface area contributed by atoms with Crippen LogP contribution >= 0.6 is 34.8 Å². The number of likely N-dealkylation sites (tertiary alicyclic amines) is 1. The maximum Gasteiger partial charge on any atom is 0.408 e. The minimum Gasteiger partial charge on any atom is -0.460 e. The number of esters is 1. The van der Waals surface area contributed by atoms with Crippen LogP contribution in [0.3, 0.4) is 0 Å². The quantitative estimate of drug-likeness (QED) is 0.390. The van der Waals surface area contributed by atoms with Gasteiger partial charge in [0, 0.05) is 6.54 Å². The highest BCUT2D eigenvalue weighted by atomic mass is 35.6. The van der Waals surface area contributed by atoms with E-state index in [2.05, 4.69) is 5.32 Å². The van der Waals surface area contributed by atoms with Crippen LogP contribution in [0.4, 0.5) is 4.79 Å². The number of nitrogens with one attached hydrogen (secondary N) is 1. The first-order valence-electron chi connectivity index (χ1n) is 11.0. The first-order chi connectivity index (χ1) is 15.8. The van der Waals surface area contributed by atoms with E-state index in [9.17, 15) is 14.4 Å². The van der Waals surface area contributed by atoms with Gasteiger partial charge in [-0.1, -0.05) is 65.1 Å². The molecule has 0 radical (unpaired) electrons. The predicted molar refractivity (Wildman–Crippen MR) is 130 cm³/mol. The minimum absolute atomic E-state index is 0.233. The number of alkyl halides is 3. The summed E-state index contributed by atoms with van der Waals surface area (Å²) in [6.07, 6.45) is -0.519. The van der Waals surface area contributed by atoms with E-state index in [4.69, 9.17) is 49.0 Å². The molecule has 1 N–H and O–H groups in total. The topological polar surface area (TPSA) is 94.2 Å². The van der Waals surface area contributed by atoms with Crippen LogP contribution in [0.5, 0.6) is 0 Å². The second-order valence-corrected chi connectivity index (χ2v) is 11.6. The number of carbonyl (C=O) groups excluding carboxylic acids is 3. The van der Waals surface area contributed by atoms with Gasteiger partial charge in [0.1, 0.15) is 24.3 Å². The number of carbonyl (C=O) groups is 3. The van der Waals surface area contributed by atoms with Crippen LogP contribution in [0, 0.1) is 0 Å². The number of rotatable bonds is 8. The fraction of sp³-hybridized carbons (Fsp3) is 0.609. The summed E-state index contributed by atoms with van der Waals surface area (Å²) < 4.78 is 14.6. The molecule has 0 bridgehead atoms. The number of alkyl carbamates (subject to hydrolysis) is 1. The van der Waals surface area contributed by atoms with Crippen molar-refractivity contribution in [2.45, 2.75) is 74.7 Å². The lowest BCUT2D eigenvalue weighted by Gasteiger charge is -2.32. The van der Waals surface area contributed by atoms with E-state index in [1.54, 1.807) is 27.7 Å². The van der Waals surface area contributed by atoms with Gasteiger partial charge in [-0.3, -0.25) is 4.79 Å². The number of benzene rings is 1. The second-order valence-electron chi connectivity index (χ2n) is 9.04. The lowest BCUT2D eigenvalue weighted by Crippen LogP contribution is -2.57. The van der Waals surface area contributed by atoms with Gasteiger partial charge in [-0.15, -0.1) is 0 Å². The van der Waals surface area contributed by atoms with Gasteiger partial charge in [0.25, 0.3) is 0 Å². The number of ether oxygens (including phenoxy) is 3. The molecule has 0 spiro atoms. The lowest BCUT2D eigenvalue weighted by atomic mass is 10.1. The van der Waals surface area contributed by atoms with Crippen molar-refractivity contribution in [1.82, 2.24) is 10.2 Å². The van der Waals surface area contributed by atoms with E-state index < -0.39 is 52.2 Å². The average molecular weight is 538 g/mol. The zero-order valence-corrected chi connectivity index (χ0v) is 22.0. The maximum atomic E-state index is 13.5. The van der Waals surface area contributed by atoms with Crippen molar-refractivity contribution in [3.8, 4) is 0 Å². The van der Waals surface area contributed by atoms with Crippen molar-refractivity contribution in [1.29, 1.82) is 0 Å². The van der Waals surface area contributed by atoms with Crippen molar-refractivity contribution in [3.05, 3.63) is 35.9 Å². The van der Waals surface area contributed by atoms with Crippen molar-refractivity contribution >= 4 is 52.8 Å². The van der Waals surface area contributed by atoms with Gasteiger partial charge in [-0.25, -0.2) is 9.59 Å². The molecule has 11 heteroatoms. The van der Waals surface area contributed by atoms with Gasteiger partial charge in [0.2, 0.25) is 9.70 Å². The molecule has 1 saturated heterocycles. The molecule has 1 aromatic carbocycles. The standard InChI is InChI=1S/C23H31Cl3N2O6/c1-15(32-13-16-9-6-5-7-10-16)18(27-21(31)34-22(2,3)4)19(29)28-12-8-11-17(28)20(30)33-14-23(24,25)26/h5-7,9-10,15,17-18H,8,11-14H2,1-4H3,(H,27,31)/t15-,17+,18+/m1/s1. The number of hydrogen-bond donors (Lipinski definition) is 1. The second kappa shape index (κ2) is 12.3. The van der Waals surface area contributed by atoms with E-state index in [0.717, 1.165) is 5.56 Å². The molecule has 1 heterocycles. The van der Waals surface area contributed by atoms with Gasteiger partial charge in [-0.05, 0) is 46.1 Å². The summed E-state index contributed by atoms with van der Waals surface area (Å²) in [7, 11) is 0. The first kappa shape index (κ1) is 28.5. The molecule has 0 unspecified atom stereocenters. The Morgan fingerprint density at radius 1 is 1.15 bits per heavy atom. The van der Waals surface area contributed by atoms with Crippen LogP contribution in [0.2, 0.25) is 0 Å². The third-order valence-corrected chi connectivity index (χ3v) is 5.28. The fourth-order valence-corrected chi connectivity index (χ4v) is 3.58. The highest BCUT2D eigenvalue weighted by Crippen LogP contribution is 2.27. The van der Waals surface area contributed by atoms with Crippen LogP contribution in [-0.4, -0.2) is 63.6 Å². The highest BCUT2D eigenvalue weighted by molar-refractivity contribution is 6.67.